The third-order valence-corrected chi connectivity index (χ3v) is 2.10. The lowest BCUT2D eigenvalue weighted by molar-refractivity contribution is 0.399. The van der Waals surface area contributed by atoms with Crippen LogP contribution in [0.5, 0.6) is 5.75 Å². The van der Waals surface area contributed by atoms with Gasteiger partial charge >= 0.3 is 5.69 Å². The lowest BCUT2D eigenvalue weighted by atomic mass is 10.5. The van der Waals surface area contributed by atoms with Gasteiger partial charge in [-0.05, 0) is 12.8 Å². The van der Waals surface area contributed by atoms with Gasteiger partial charge in [0, 0.05) is 6.04 Å². The van der Waals surface area contributed by atoms with Crippen molar-refractivity contribution in [2.24, 2.45) is 0 Å². The zero-order chi connectivity index (χ0) is 9.42. The second-order valence-corrected chi connectivity index (χ2v) is 3.10. The van der Waals surface area contributed by atoms with Crippen molar-refractivity contribution >= 4 is 0 Å². The number of nitrogens with one attached hydrogen (secondary N) is 1. The van der Waals surface area contributed by atoms with E-state index in [1.165, 1.54) is 17.9 Å². The average molecular weight is 182 g/mol. The summed E-state index contributed by atoms with van der Waals surface area (Å²) in [5.74, 6) is 0.187. The Bertz CT molecular complexity index is 428. The van der Waals surface area contributed by atoms with Crippen molar-refractivity contribution in [2.75, 3.05) is 7.11 Å². The molecule has 13 heavy (non-hydrogen) atoms. The van der Waals surface area contributed by atoms with Gasteiger partial charge in [-0.2, -0.15) is 0 Å². The van der Waals surface area contributed by atoms with E-state index in [2.05, 4.69) is 4.98 Å². The molecule has 0 spiro atoms. The molecule has 0 bridgehead atoms. The molecule has 1 aromatic heterocycles. The number of hydrogen-bond acceptors (Lipinski definition) is 3. The van der Waals surface area contributed by atoms with Gasteiger partial charge in [-0.15, -0.1) is 0 Å². The molecule has 70 valence electrons. The highest BCUT2D eigenvalue weighted by atomic mass is 16.5. The first kappa shape index (κ1) is 8.10. The van der Waals surface area contributed by atoms with Crippen LogP contribution in [0, 0.1) is 0 Å². The highest BCUT2D eigenvalue weighted by molar-refractivity contribution is 5.12. The van der Waals surface area contributed by atoms with Gasteiger partial charge in [-0.3, -0.25) is 14.3 Å². The highest BCUT2D eigenvalue weighted by Crippen LogP contribution is 2.33. The maximum Gasteiger partial charge on any atom is 0.328 e. The van der Waals surface area contributed by atoms with Crippen molar-refractivity contribution in [2.45, 2.75) is 18.9 Å². The largest absolute Gasteiger partial charge is 0.490 e. The van der Waals surface area contributed by atoms with Gasteiger partial charge in [-0.1, -0.05) is 0 Å². The topological polar surface area (TPSA) is 64.1 Å². The summed E-state index contributed by atoms with van der Waals surface area (Å²) >= 11 is 0. The van der Waals surface area contributed by atoms with Crippen molar-refractivity contribution in [1.82, 2.24) is 9.55 Å². The predicted molar refractivity (Wildman–Crippen MR) is 46.1 cm³/mol. The third kappa shape index (κ3) is 1.37. The number of hydrogen-bond donors (Lipinski definition) is 1. The standard InChI is InChI=1S/C8H10N2O3/c1-13-6-4-10(5-2-3-5)8(12)9-7(6)11/h4-5H,2-3H2,1H3,(H,9,11,12). The van der Waals surface area contributed by atoms with E-state index in [1.54, 1.807) is 0 Å². The molecule has 0 aromatic carbocycles. The van der Waals surface area contributed by atoms with E-state index in [0.717, 1.165) is 12.8 Å². The first-order valence-corrected chi connectivity index (χ1v) is 4.12. The fourth-order valence-electron chi connectivity index (χ4n) is 1.24. The normalized spacial score (nSPS) is 15.8. The number of rotatable bonds is 2. The molecule has 0 saturated heterocycles. The molecular weight excluding hydrogens is 172 g/mol. The number of methoxy groups -OCH3 is 1. The summed E-state index contributed by atoms with van der Waals surface area (Å²) in [7, 11) is 1.41. The summed E-state index contributed by atoms with van der Waals surface area (Å²) in [6.45, 7) is 0. The lowest BCUT2D eigenvalue weighted by Crippen LogP contribution is -2.29. The predicted octanol–water partition coefficient (Wildman–Crippen LogP) is -0.120. The van der Waals surface area contributed by atoms with Crippen LogP contribution < -0.4 is 16.0 Å². The molecule has 5 heteroatoms. The number of nitrogens with zero attached hydrogens (tertiary/aromatic N) is 1. The van der Waals surface area contributed by atoms with E-state index >= 15 is 0 Å². The maximum atomic E-state index is 11.2. The van der Waals surface area contributed by atoms with E-state index in [0.29, 0.717) is 0 Å². The smallest absolute Gasteiger partial charge is 0.328 e. The Morgan fingerprint density at radius 3 is 2.77 bits per heavy atom. The molecule has 1 heterocycles. The second-order valence-electron chi connectivity index (χ2n) is 3.10. The van der Waals surface area contributed by atoms with Gasteiger partial charge in [0.25, 0.3) is 5.56 Å². The van der Waals surface area contributed by atoms with Gasteiger partial charge in [0.05, 0.1) is 13.3 Å². The summed E-state index contributed by atoms with van der Waals surface area (Å²) < 4.78 is 6.33. The molecule has 1 fully saturated rings. The summed E-state index contributed by atoms with van der Waals surface area (Å²) in [5.41, 5.74) is -0.822. The molecule has 1 aromatic rings. The van der Waals surface area contributed by atoms with Crippen LogP contribution in [-0.2, 0) is 0 Å². The Labute approximate surface area is 74.0 Å². The van der Waals surface area contributed by atoms with Crippen molar-refractivity contribution in [3.63, 3.8) is 0 Å². The van der Waals surface area contributed by atoms with Crippen LogP contribution >= 0.6 is 0 Å². The van der Waals surface area contributed by atoms with Gasteiger partial charge in [0.1, 0.15) is 0 Å². The van der Waals surface area contributed by atoms with E-state index in [9.17, 15) is 9.59 Å². The maximum absolute atomic E-state index is 11.2. The van der Waals surface area contributed by atoms with Gasteiger partial charge in [0.15, 0.2) is 0 Å². The first-order chi connectivity index (χ1) is 6.22. The van der Waals surface area contributed by atoms with Crippen molar-refractivity contribution in [3.05, 3.63) is 27.0 Å². The number of ether oxygens (including phenoxy) is 1. The molecule has 0 amide bonds. The summed E-state index contributed by atoms with van der Waals surface area (Å²) in [4.78, 5) is 24.5. The SMILES string of the molecule is COc1cn(C2CC2)c(=O)[nH]c1=O. The molecular formula is C8H10N2O3. The lowest BCUT2D eigenvalue weighted by Gasteiger charge is -2.03. The molecule has 2 rings (SSSR count). The number of H-pyrrole nitrogens is 1. The molecule has 5 nitrogen and oxygen atoms in total. The van der Waals surface area contributed by atoms with E-state index in [1.807, 2.05) is 0 Å². The Hall–Kier alpha value is -1.52. The van der Waals surface area contributed by atoms with Gasteiger partial charge in [0.2, 0.25) is 5.75 Å². The average Bonchev–Trinajstić information content (AvgIpc) is 2.88. The summed E-state index contributed by atoms with van der Waals surface area (Å²) in [6, 6.07) is 0.248. The van der Waals surface area contributed by atoms with Crippen molar-refractivity contribution in [3.8, 4) is 5.75 Å². The minimum atomic E-state index is -0.468. The van der Waals surface area contributed by atoms with Crippen LogP contribution in [0.1, 0.15) is 18.9 Å². The summed E-state index contributed by atoms with van der Waals surface area (Å²) in [5, 5.41) is 0. The quantitative estimate of drug-likeness (QED) is 0.693. The van der Waals surface area contributed by atoms with E-state index in [-0.39, 0.29) is 17.5 Å². The van der Waals surface area contributed by atoms with Crippen LogP contribution in [-0.4, -0.2) is 16.7 Å². The van der Waals surface area contributed by atoms with E-state index < -0.39 is 5.56 Å². The van der Waals surface area contributed by atoms with Crippen molar-refractivity contribution < 1.29 is 4.74 Å². The fraction of sp³-hybridized carbons (Fsp3) is 0.500. The molecule has 0 unspecified atom stereocenters. The molecule has 0 aliphatic heterocycles. The molecule has 0 atom stereocenters. The Kier molecular flexibility index (Phi) is 1.72. The minimum Gasteiger partial charge on any atom is -0.490 e. The van der Waals surface area contributed by atoms with Crippen LogP contribution in [0.4, 0.5) is 0 Å². The van der Waals surface area contributed by atoms with Gasteiger partial charge < -0.3 is 4.74 Å². The van der Waals surface area contributed by atoms with Gasteiger partial charge in [-0.25, -0.2) is 4.79 Å². The fourth-order valence-corrected chi connectivity index (χ4v) is 1.24. The van der Waals surface area contributed by atoms with Crippen LogP contribution in [0.3, 0.4) is 0 Å². The van der Waals surface area contributed by atoms with Crippen LogP contribution in [0.15, 0.2) is 15.8 Å². The number of aromatic nitrogens is 2. The Morgan fingerprint density at radius 2 is 2.23 bits per heavy atom. The summed E-state index contributed by atoms with van der Waals surface area (Å²) in [6.07, 6.45) is 3.46. The monoisotopic (exact) mass is 182 g/mol. The van der Waals surface area contributed by atoms with Crippen molar-refractivity contribution in [1.29, 1.82) is 0 Å². The molecule has 1 N–H and O–H groups in total. The molecule has 0 radical (unpaired) electrons. The number of aromatic amines is 1. The Morgan fingerprint density at radius 1 is 1.54 bits per heavy atom. The molecule has 1 aliphatic rings. The second kappa shape index (κ2) is 2.76. The zero-order valence-electron chi connectivity index (χ0n) is 7.24. The minimum absolute atomic E-state index is 0.187. The zero-order valence-corrected chi connectivity index (χ0v) is 7.24. The van der Waals surface area contributed by atoms with Crippen LogP contribution in [0.25, 0.3) is 0 Å². The highest BCUT2D eigenvalue weighted by Gasteiger charge is 2.25. The van der Waals surface area contributed by atoms with E-state index in [4.69, 9.17) is 4.74 Å². The Balaban J connectivity index is 2.57. The first-order valence-electron chi connectivity index (χ1n) is 4.12. The van der Waals surface area contributed by atoms with Crippen LogP contribution in [0.2, 0.25) is 0 Å². The molecule has 1 aliphatic carbocycles. The molecule has 1 saturated carbocycles. The third-order valence-electron chi connectivity index (χ3n) is 2.10.